The molecular formula is C27H28ClN3O3. The number of pyridine rings is 2. The van der Waals surface area contributed by atoms with E-state index >= 15 is 0 Å². The molecule has 1 aromatic carbocycles. The Morgan fingerprint density at radius 3 is 2.79 bits per heavy atom. The smallest absolute Gasteiger partial charge is 0.309 e. The van der Waals surface area contributed by atoms with Crippen LogP contribution < -0.4 is 4.74 Å². The van der Waals surface area contributed by atoms with Gasteiger partial charge in [0, 0.05) is 42.6 Å². The molecule has 1 aliphatic heterocycles. The van der Waals surface area contributed by atoms with Gasteiger partial charge in [0.15, 0.2) is 0 Å². The summed E-state index contributed by atoms with van der Waals surface area (Å²) in [6.45, 7) is 2.08. The summed E-state index contributed by atoms with van der Waals surface area (Å²) in [4.78, 5) is 23.0. The number of aromatic nitrogens is 2. The van der Waals surface area contributed by atoms with E-state index in [0.717, 1.165) is 47.3 Å². The number of benzene rings is 1. The Bertz CT molecular complexity index is 1210. The number of halogens is 1. The number of hydrogen-bond donors (Lipinski definition) is 1. The second kappa shape index (κ2) is 10.9. The first kappa shape index (κ1) is 24.0. The fraction of sp³-hybridized carbons (Fsp3) is 0.370. The fourth-order valence-corrected chi connectivity index (χ4v) is 4.83. The number of hydrogen-bond acceptors (Lipinski definition) is 5. The van der Waals surface area contributed by atoms with Crippen LogP contribution in [0, 0.1) is 17.3 Å². The summed E-state index contributed by atoms with van der Waals surface area (Å²) >= 11 is 6.49. The van der Waals surface area contributed by atoms with E-state index in [9.17, 15) is 9.90 Å². The lowest BCUT2D eigenvalue weighted by atomic mass is 9.74. The third-order valence-electron chi connectivity index (χ3n) is 6.68. The summed E-state index contributed by atoms with van der Waals surface area (Å²) in [6.07, 6.45) is 8.43. The van der Waals surface area contributed by atoms with Crippen molar-refractivity contribution in [3.05, 3.63) is 65.1 Å². The Hall–Kier alpha value is -3.14. The van der Waals surface area contributed by atoms with Crippen LogP contribution in [0.5, 0.6) is 5.75 Å². The molecule has 1 fully saturated rings. The van der Waals surface area contributed by atoms with E-state index in [1.54, 1.807) is 25.7 Å². The predicted molar refractivity (Wildman–Crippen MR) is 133 cm³/mol. The van der Waals surface area contributed by atoms with Crippen LogP contribution in [0.4, 0.5) is 0 Å². The largest absolute Gasteiger partial charge is 0.497 e. The molecule has 0 unspecified atom stereocenters. The minimum atomic E-state index is -0.708. The summed E-state index contributed by atoms with van der Waals surface area (Å²) in [5.41, 5.74) is 2.03. The quantitative estimate of drug-likeness (QED) is 0.491. The van der Waals surface area contributed by atoms with Crippen molar-refractivity contribution in [2.45, 2.75) is 32.1 Å². The summed E-state index contributed by atoms with van der Waals surface area (Å²) in [5, 5.41) is 11.6. The zero-order valence-electron chi connectivity index (χ0n) is 19.3. The number of carboxylic acid groups (broad SMARTS) is 1. The Morgan fingerprint density at radius 1 is 1.26 bits per heavy atom. The van der Waals surface area contributed by atoms with Crippen molar-refractivity contribution in [3.63, 3.8) is 0 Å². The summed E-state index contributed by atoms with van der Waals surface area (Å²) < 4.78 is 5.36. The Balaban J connectivity index is 1.38. The SMILES string of the molecule is COc1ccc2ncc(Cl)c(CCCC3(C(=O)O)CCN(CC#Cc4cccnc4)CC3)c2c1. The molecule has 1 N–H and O–H groups in total. The average Bonchev–Trinajstić information content (AvgIpc) is 2.86. The van der Waals surface area contributed by atoms with Gasteiger partial charge in [-0.3, -0.25) is 19.7 Å². The molecule has 0 radical (unpaired) electrons. The molecule has 3 aromatic rings. The molecule has 0 aliphatic carbocycles. The van der Waals surface area contributed by atoms with Crippen molar-refractivity contribution in [2.75, 3.05) is 26.7 Å². The maximum Gasteiger partial charge on any atom is 0.309 e. The maximum absolute atomic E-state index is 12.3. The maximum atomic E-state index is 12.3. The van der Waals surface area contributed by atoms with Crippen LogP contribution in [0.1, 0.15) is 36.8 Å². The lowest BCUT2D eigenvalue weighted by molar-refractivity contribution is -0.152. The third kappa shape index (κ3) is 5.49. The van der Waals surface area contributed by atoms with Gasteiger partial charge >= 0.3 is 5.97 Å². The van der Waals surface area contributed by atoms with Gasteiger partial charge in [0.2, 0.25) is 0 Å². The number of ether oxygens (including phenoxy) is 1. The topological polar surface area (TPSA) is 75.6 Å². The number of likely N-dealkylation sites (tertiary alicyclic amines) is 1. The number of rotatable bonds is 7. The van der Waals surface area contributed by atoms with E-state index in [0.29, 0.717) is 37.3 Å². The normalized spacial score (nSPS) is 15.5. The summed E-state index contributed by atoms with van der Waals surface area (Å²) in [6, 6.07) is 9.53. The zero-order valence-corrected chi connectivity index (χ0v) is 20.0. The minimum Gasteiger partial charge on any atom is -0.497 e. The van der Waals surface area contributed by atoms with Gasteiger partial charge in [-0.1, -0.05) is 23.4 Å². The molecule has 176 valence electrons. The van der Waals surface area contributed by atoms with Gasteiger partial charge in [-0.15, -0.1) is 0 Å². The highest BCUT2D eigenvalue weighted by Crippen LogP contribution is 2.38. The number of fused-ring (bicyclic) bond motifs is 1. The van der Waals surface area contributed by atoms with E-state index in [4.69, 9.17) is 16.3 Å². The third-order valence-corrected chi connectivity index (χ3v) is 7.01. The number of carboxylic acids is 1. The fourth-order valence-electron chi connectivity index (χ4n) is 4.59. The van der Waals surface area contributed by atoms with Gasteiger partial charge in [0.25, 0.3) is 0 Å². The van der Waals surface area contributed by atoms with Crippen LogP contribution >= 0.6 is 11.6 Å². The van der Waals surface area contributed by atoms with E-state index in [1.807, 2.05) is 30.3 Å². The highest BCUT2D eigenvalue weighted by atomic mass is 35.5. The van der Waals surface area contributed by atoms with Gasteiger partial charge < -0.3 is 9.84 Å². The molecule has 6 nitrogen and oxygen atoms in total. The molecule has 7 heteroatoms. The van der Waals surface area contributed by atoms with E-state index in [-0.39, 0.29) is 0 Å². The molecular weight excluding hydrogens is 450 g/mol. The van der Waals surface area contributed by atoms with Crippen LogP contribution in [0.25, 0.3) is 10.9 Å². The van der Waals surface area contributed by atoms with Crippen LogP contribution in [0.2, 0.25) is 5.02 Å². The zero-order chi connectivity index (χ0) is 24.0. The monoisotopic (exact) mass is 477 g/mol. The Morgan fingerprint density at radius 2 is 2.09 bits per heavy atom. The first-order chi connectivity index (χ1) is 16.5. The van der Waals surface area contributed by atoms with Crippen molar-refractivity contribution in [3.8, 4) is 17.6 Å². The lowest BCUT2D eigenvalue weighted by Gasteiger charge is -2.38. The summed E-state index contributed by atoms with van der Waals surface area (Å²) in [7, 11) is 1.63. The van der Waals surface area contributed by atoms with Gasteiger partial charge in [0.1, 0.15) is 5.75 Å². The Kier molecular flexibility index (Phi) is 7.66. The summed E-state index contributed by atoms with van der Waals surface area (Å²) in [5.74, 6) is 6.34. The van der Waals surface area contributed by atoms with E-state index < -0.39 is 11.4 Å². The number of aliphatic carboxylic acids is 1. The second-order valence-electron chi connectivity index (χ2n) is 8.73. The number of aryl methyl sites for hydroxylation is 1. The number of carbonyl (C=O) groups is 1. The van der Waals surface area contributed by atoms with Crippen molar-refractivity contribution >= 4 is 28.5 Å². The van der Waals surface area contributed by atoms with Crippen molar-refractivity contribution in [1.29, 1.82) is 0 Å². The van der Waals surface area contributed by atoms with Gasteiger partial charge in [0.05, 0.1) is 29.6 Å². The molecule has 0 amide bonds. The molecule has 0 saturated carbocycles. The molecule has 1 saturated heterocycles. The molecule has 3 heterocycles. The first-order valence-corrected chi connectivity index (χ1v) is 11.8. The van der Waals surface area contributed by atoms with E-state index in [1.165, 1.54) is 0 Å². The average molecular weight is 478 g/mol. The highest BCUT2D eigenvalue weighted by Gasteiger charge is 2.40. The van der Waals surface area contributed by atoms with Gasteiger partial charge in [-0.25, -0.2) is 0 Å². The highest BCUT2D eigenvalue weighted by molar-refractivity contribution is 6.32. The molecule has 2 aromatic heterocycles. The predicted octanol–water partition coefficient (Wildman–Crippen LogP) is 4.83. The molecule has 0 atom stereocenters. The minimum absolute atomic E-state index is 0.604. The van der Waals surface area contributed by atoms with Crippen molar-refractivity contribution in [1.82, 2.24) is 14.9 Å². The standard InChI is InChI=1S/C27H28ClN3O3/c1-34-21-8-9-25-23(17-21)22(24(28)19-30-25)7-2-10-27(26(32)33)11-15-31(16-12-27)14-4-6-20-5-3-13-29-18-20/h3,5,8-9,13,17-19H,2,7,10-12,14-16H2,1H3,(H,32,33). The molecule has 1 aliphatic rings. The molecule has 0 spiro atoms. The van der Waals surface area contributed by atoms with Crippen LogP contribution in [0.3, 0.4) is 0 Å². The lowest BCUT2D eigenvalue weighted by Crippen LogP contribution is -2.44. The number of nitrogens with zero attached hydrogens (tertiary/aromatic N) is 3. The number of methoxy groups -OCH3 is 1. The Labute approximate surface area is 204 Å². The van der Waals surface area contributed by atoms with Gasteiger partial charge in [-0.05, 0) is 68.0 Å². The van der Waals surface area contributed by atoms with Crippen LogP contribution in [-0.4, -0.2) is 52.7 Å². The number of piperidine rings is 1. The molecule has 4 rings (SSSR count). The second-order valence-corrected chi connectivity index (χ2v) is 9.13. The first-order valence-electron chi connectivity index (χ1n) is 11.5. The van der Waals surface area contributed by atoms with Crippen LogP contribution in [-0.2, 0) is 11.2 Å². The van der Waals surface area contributed by atoms with Crippen molar-refractivity contribution < 1.29 is 14.6 Å². The van der Waals surface area contributed by atoms with E-state index in [2.05, 4.69) is 26.7 Å². The van der Waals surface area contributed by atoms with Crippen LogP contribution in [0.15, 0.2) is 48.9 Å². The molecule has 0 bridgehead atoms. The molecule has 34 heavy (non-hydrogen) atoms. The van der Waals surface area contributed by atoms with Gasteiger partial charge in [-0.2, -0.15) is 0 Å². The van der Waals surface area contributed by atoms with Crippen molar-refractivity contribution in [2.24, 2.45) is 5.41 Å².